The Hall–Kier alpha value is -2.54. The van der Waals surface area contributed by atoms with Crippen LogP contribution in [-0.4, -0.2) is 41.5 Å². The van der Waals surface area contributed by atoms with E-state index in [9.17, 15) is 4.79 Å². The molecule has 1 N–H and O–H groups in total. The van der Waals surface area contributed by atoms with Crippen LogP contribution in [0, 0.1) is 6.92 Å². The van der Waals surface area contributed by atoms with E-state index in [2.05, 4.69) is 20.3 Å². The average Bonchev–Trinajstić information content (AvgIpc) is 2.96. The summed E-state index contributed by atoms with van der Waals surface area (Å²) < 4.78 is 0. The maximum absolute atomic E-state index is 12.4. The first-order chi connectivity index (χ1) is 11.6. The minimum atomic E-state index is -0.252. The Kier molecular flexibility index (Phi) is 4.71. The molecule has 0 spiro atoms. The zero-order chi connectivity index (χ0) is 17.1. The van der Waals surface area contributed by atoms with Gasteiger partial charge in [-0.25, -0.2) is 9.97 Å². The highest BCUT2D eigenvalue weighted by atomic mass is 32.1. The summed E-state index contributed by atoms with van der Waals surface area (Å²) in [4.78, 5) is 28.3. The topological polar surface area (TPSA) is 71.0 Å². The first-order valence-electron chi connectivity index (χ1n) is 7.66. The summed E-state index contributed by atoms with van der Waals surface area (Å²) in [5.41, 5.74) is 1.94. The lowest BCUT2D eigenvalue weighted by Gasteiger charge is -2.14. The number of amides is 1. The van der Waals surface area contributed by atoms with Crippen LogP contribution >= 0.6 is 11.3 Å². The maximum Gasteiger partial charge on any atom is 0.289 e. The Labute approximate surface area is 144 Å². The Bertz CT molecular complexity index is 860. The molecule has 6 nitrogen and oxygen atoms in total. The van der Waals surface area contributed by atoms with Gasteiger partial charge in [-0.05, 0) is 31.0 Å². The molecule has 3 heterocycles. The Morgan fingerprint density at radius 2 is 2.00 bits per heavy atom. The van der Waals surface area contributed by atoms with Crippen LogP contribution in [0.1, 0.15) is 21.1 Å². The van der Waals surface area contributed by atoms with Gasteiger partial charge in [-0.2, -0.15) is 0 Å². The van der Waals surface area contributed by atoms with Gasteiger partial charge in [-0.15, -0.1) is 11.3 Å². The van der Waals surface area contributed by atoms with E-state index < -0.39 is 0 Å². The van der Waals surface area contributed by atoms with E-state index in [-0.39, 0.29) is 11.7 Å². The molecule has 3 rings (SSSR count). The summed E-state index contributed by atoms with van der Waals surface area (Å²) in [6.07, 6.45) is 4.24. The summed E-state index contributed by atoms with van der Waals surface area (Å²) >= 11 is 1.62. The molecule has 0 saturated heterocycles. The molecule has 0 atom stereocenters. The van der Waals surface area contributed by atoms with E-state index in [1.165, 1.54) is 0 Å². The van der Waals surface area contributed by atoms with Crippen molar-refractivity contribution in [2.75, 3.05) is 25.5 Å². The van der Waals surface area contributed by atoms with Crippen LogP contribution in [-0.2, 0) is 6.42 Å². The van der Waals surface area contributed by atoms with Crippen LogP contribution in [0.3, 0.4) is 0 Å². The predicted molar refractivity (Wildman–Crippen MR) is 96.8 cm³/mol. The third-order valence-electron chi connectivity index (χ3n) is 3.69. The van der Waals surface area contributed by atoms with Gasteiger partial charge in [-0.1, -0.05) is 0 Å². The molecule has 0 aliphatic heterocycles. The van der Waals surface area contributed by atoms with Gasteiger partial charge in [0, 0.05) is 43.3 Å². The number of aromatic nitrogens is 3. The number of rotatable bonds is 5. The molecule has 0 unspecified atom stereocenters. The lowest BCUT2D eigenvalue weighted by molar-refractivity contribution is 0.0944. The third-order valence-corrected chi connectivity index (χ3v) is 4.59. The molecule has 1 amide bonds. The fraction of sp³-hybridized carbons (Fsp3) is 0.294. The summed E-state index contributed by atoms with van der Waals surface area (Å²) in [5, 5.41) is 5.86. The van der Waals surface area contributed by atoms with E-state index in [4.69, 9.17) is 0 Å². The molecule has 24 heavy (non-hydrogen) atoms. The lowest BCUT2D eigenvalue weighted by Crippen LogP contribution is -2.28. The number of nitrogens with one attached hydrogen (secondary N) is 1. The first kappa shape index (κ1) is 16.3. The zero-order valence-corrected chi connectivity index (χ0v) is 14.7. The van der Waals surface area contributed by atoms with Crippen molar-refractivity contribution in [1.29, 1.82) is 0 Å². The molecule has 0 aliphatic carbocycles. The average molecular weight is 341 g/mol. The molecule has 0 bridgehead atoms. The lowest BCUT2D eigenvalue weighted by atomic mass is 10.2. The number of hydrogen-bond acceptors (Lipinski definition) is 6. The van der Waals surface area contributed by atoms with E-state index in [1.54, 1.807) is 23.7 Å². The van der Waals surface area contributed by atoms with Gasteiger partial charge < -0.3 is 10.2 Å². The van der Waals surface area contributed by atoms with Crippen molar-refractivity contribution in [3.63, 3.8) is 0 Å². The number of carbonyl (C=O) groups excluding carboxylic acids is 1. The number of anilines is 1. The molecule has 0 fully saturated rings. The Morgan fingerprint density at radius 3 is 2.71 bits per heavy atom. The van der Waals surface area contributed by atoms with Crippen LogP contribution in [0.15, 0.2) is 29.9 Å². The summed E-state index contributed by atoms with van der Waals surface area (Å²) in [7, 11) is 3.84. The summed E-state index contributed by atoms with van der Waals surface area (Å²) in [6, 6.07) is 3.87. The highest BCUT2D eigenvalue weighted by Gasteiger charge is 2.17. The van der Waals surface area contributed by atoms with Crippen LogP contribution < -0.4 is 10.2 Å². The van der Waals surface area contributed by atoms with Crippen molar-refractivity contribution in [3.05, 3.63) is 46.2 Å². The number of pyridine rings is 1. The molecule has 0 radical (unpaired) electrons. The number of nitrogens with zero attached hydrogens (tertiary/aromatic N) is 4. The molecular weight excluding hydrogens is 322 g/mol. The minimum Gasteiger partial charge on any atom is -0.362 e. The zero-order valence-electron chi connectivity index (χ0n) is 13.9. The van der Waals surface area contributed by atoms with E-state index >= 15 is 0 Å². The standard InChI is InChI=1S/C17H19N5OS/c1-11-14-13(10-24-11)20-15(21-16(14)22(2)3)17(23)19-9-6-12-4-7-18-8-5-12/h4-5,7-8,10H,6,9H2,1-3H3,(H,19,23). The first-order valence-corrected chi connectivity index (χ1v) is 8.54. The molecule has 0 aromatic carbocycles. The van der Waals surface area contributed by atoms with Crippen molar-refractivity contribution in [1.82, 2.24) is 20.3 Å². The monoisotopic (exact) mass is 341 g/mol. The highest BCUT2D eigenvalue weighted by molar-refractivity contribution is 7.11. The third kappa shape index (κ3) is 3.35. The van der Waals surface area contributed by atoms with Crippen molar-refractivity contribution >= 4 is 34.0 Å². The maximum atomic E-state index is 12.4. The van der Waals surface area contributed by atoms with Gasteiger partial charge >= 0.3 is 0 Å². The van der Waals surface area contributed by atoms with E-state index in [1.807, 2.05) is 43.4 Å². The predicted octanol–water partition coefficient (Wildman–Crippen LogP) is 2.43. The van der Waals surface area contributed by atoms with E-state index in [0.717, 1.165) is 33.6 Å². The van der Waals surface area contributed by atoms with Crippen molar-refractivity contribution < 1.29 is 4.79 Å². The second-order valence-corrected chi connectivity index (χ2v) is 6.76. The van der Waals surface area contributed by atoms with Crippen molar-refractivity contribution in [2.24, 2.45) is 0 Å². The number of fused-ring (bicyclic) bond motifs is 1. The second kappa shape index (κ2) is 6.92. The highest BCUT2D eigenvalue weighted by Crippen LogP contribution is 2.30. The van der Waals surface area contributed by atoms with Crippen LogP contribution in [0.25, 0.3) is 10.9 Å². The minimum absolute atomic E-state index is 0.207. The van der Waals surface area contributed by atoms with Crippen LogP contribution in [0.2, 0.25) is 0 Å². The van der Waals surface area contributed by atoms with Gasteiger partial charge in [-0.3, -0.25) is 9.78 Å². The molecular formula is C17H19N5OS. The van der Waals surface area contributed by atoms with Crippen LogP contribution in [0.5, 0.6) is 0 Å². The fourth-order valence-corrected chi connectivity index (χ4v) is 3.24. The van der Waals surface area contributed by atoms with Crippen LogP contribution in [0.4, 0.5) is 5.82 Å². The number of aryl methyl sites for hydroxylation is 1. The Morgan fingerprint density at radius 1 is 1.25 bits per heavy atom. The number of thiophene rings is 1. The molecule has 0 saturated carbocycles. The second-order valence-electron chi connectivity index (χ2n) is 5.68. The SMILES string of the molecule is Cc1scc2nc(C(=O)NCCc3ccncc3)nc(N(C)C)c12. The van der Waals surface area contributed by atoms with Gasteiger partial charge in [0.05, 0.1) is 10.9 Å². The number of carbonyl (C=O) groups is 1. The largest absolute Gasteiger partial charge is 0.362 e. The summed E-state index contributed by atoms with van der Waals surface area (Å²) in [6.45, 7) is 2.57. The smallest absolute Gasteiger partial charge is 0.289 e. The van der Waals surface area contributed by atoms with Gasteiger partial charge in [0.15, 0.2) is 0 Å². The van der Waals surface area contributed by atoms with Crippen molar-refractivity contribution in [2.45, 2.75) is 13.3 Å². The number of hydrogen-bond donors (Lipinski definition) is 1. The molecule has 3 aromatic rings. The van der Waals surface area contributed by atoms with E-state index in [0.29, 0.717) is 6.54 Å². The summed E-state index contributed by atoms with van der Waals surface area (Å²) in [5.74, 6) is 0.731. The molecule has 3 aromatic heterocycles. The van der Waals surface area contributed by atoms with Gasteiger partial charge in [0.25, 0.3) is 5.91 Å². The van der Waals surface area contributed by atoms with Gasteiger partial charge in [0.1, 0.15) is 5.82 Å². The van der Waals surface area contributed by atoms with Gasteiger partial charge in [0.2, 0.25) is 5.82 Å². The molecule has 0 aliphatic rings. The van der Waals surface area contributed by atoms with Crippen molar-refractivity contribution in [3.8, 4) is 0 Å². The fourth-order valence-electron chi connectivity index (χ4n) is 2.47. The quantitative estimate of drug-likeness (QED) is 0.772. The molecule has 7 heteroatoms. The normalized spacial score (nSPS) is 10.8. The molecule has 124 valence electrons. The Balaban J connectivity index is 1.77.